The second-order valence-corrected chi connectivity index (χ2v) is 9.73. The monoisotopic (exact) mass is 505 g/mol. The molecule has 0 radical (unpaired) electrons. The minimum Gasteiger partial charge on any atom is -0.493 e. The van der Waals surface area contributed by atoms with E-state index >= 15 is 0 Å². The first-order chi connectivity index (χ1) is 18.7. The second kappa shape index (κ2) is 9.41. The van der Waals surface area contributed by atoms with Crippen molar-refractivity contribution in [3.63, 3.8) is 0 Å². The third-order valence-electron chi connectivity index (χ3n) is 7.38. The van der Waals surface area contributed by atoms with Crippen molar-refractivity contribution in [1.29, 1.82) is 0 Å². The lowest BCUT2D eigenvalue weighted by Gasteiger charge is -2.18. The van der Waals surface area contributed by atoms with Crippen LogP contribution in [0, 0.1) is 0 Å². The standard InChI is InChI=1S/C31H27N3O4/c35-30-17-22(19-34(30)23-13-14-28-29(18-23)38-20-37-28)31-32-25-10-3-4-11-26(25)33(31)15-6-16-36-27-12-5-8-21-7-1-2-9-24(21)27/h1-5,7-14,18,22H,6,15-17,19-20H2. The Hall–Kier alpha value is -4.52. The molecule has 1 unspecified atom stereocenters. The van der Waals surface area contributed by atoms with Gasteiger partial charge in [-0.3, -0.25) is 4.79 Å². The third-order valence-corrected chi connectivity index (χ3v) is 7.38. The summed E-state index contributed by atoms with van der Waals surface area (Å²) in [5, 5.41) is 2.29. The molecule has 0 N–H and O–H groups in total. The molecule has 0 spiro atoms. The molecule has 7 rings (SSSR count). The number of hydrogen-bond donors (Lipinski definition) is 0. The molecule has 1 amide bonds. The zero-order valence-corrected chi connectivity index (χ0v) is 20.9. The fraction of sp³-hybridized carbons (Fsp3) is 0.226. The number of aryl methyl sites for hydroxylation is 1. The van der Waals surface area contributed by atoms with Crippen molar-refractivity contribution in [2.45, 2.75) is 25.3 Å². The van der Waals surface area contributed by atoms with Crippen molar-refractivity contribution in [1.82, 2.24) is 9.55 Å². The summed E-state index contributed by atoms with van der Waals surface area (Å²) in [5.74, 6) is 3.33. The second-order valence-electron chi connectivity index (χ2n) is 9.73. The van der Waals surface area contributed by atoms with E-state index in [9.17, 15) is 4.79 Å². The van der Waals surface area contributed by atoms with Crippen LogP contribution in [0.5, 0.6) is 17.2 Å². The summed E-state index contributed by atoms with van der Waals surface area (Å²) in [7, 11) is 0. The molecule has 5 aromatic rings. The zero-order valence-electron chi connectivity index (χ0n) is 20.9. The van der Waals surface area contributed by atoms with Crippen molar-refractivity contribution in [3.05, 3.63) is 90.8 Å². The highest BCUT2D eigenvalue weighted by Gasteiger charge is 2.35. The van der Waals surface area contributed by atoms with Gasteiger partial charge in [0.25, 0.3) is 0 Å². The van der Waals surface area contributed by atoms with Crippen LogP contribution in [0.1, 0.15) is 24.6 Å². The average molecular weight is 506 g/mol. The summed E-state index contributed by atoms with van der Waals surface area (Å²) in [6, 6.07) is 28.3. The first-order valence-electron chi connectivity index (χ1n) is 13.0. The van der Waals surface area contributed by atoms with Gasteiger partial charge in [0.05, 0.1) is 17.6 Å². The molecule has 38 heavy (non-hydrogen) atoms. The Morgan fingerprint density at radius 1 is 0.921 bits per heavy atom. The molecule has 2 aliphatic heterocycles. The van der Waals surface area contributed by atoms with Crippen molar-refractivity contribution in [2.24, 2.45) is 0 Å². The molecule has 7 nitrogen and oxygen atoms in total. The fourth-order valence-corrected chi connectivity index (χ4v) is 5.55. The van der Waals surface area contributed by atoms with Gasteiger partial charge >= 0.3 is 0 Å². The van der Waals surface area contributed by atoms with E-state index in [1.807, 2.05) is 65.6 Å². The minimum absolute atomic E-state index is 0.000640. The Bertz CT molecular complexity index is 1650. The summed E-state index contributed by atoms with van der Waals surface area (Å²) >= 11 is 0. The number of para-hydroxylation sites is 2. The Balaban J connectivity index is 1.11. The van der Waals surface area contributed by atoms with E-state index in [0.717, 1.165) is 46.6 Å². The first-order valence-corrected chi connectivity index (χ1v) is 13.0. The summed E-state index contributed by atoms with van der Waals surface area (Å²) in [4.78, 5) is 19.9. The maximum Gasteiger partial charge on any atom is 0.231 e. The van der Waals surface area contributed by atoms with Gasteiger partial charge in [-0.05, 0) is 42.1 Å². The van der Waals surface area contributed by atoms with E-state index in [2.05, 4.69) is 28.8 Å². The highest BCUT2D eigenvalue weighted by atomic mass is 16.7. The number of carbonyl (C=O) groups is 1. The molecule has 1 atom stereocenters. The highest BCUT2D eigenvalue weighted by Crippen LogP contribution is 2.39. The molecule has 7 heteroatoms. The van der Waals surface area contributed by atoms with Gasteiger partial charge in [-0.2, -0.15) is 0 Å². The van der Waals surface area contributed by atoms with Gasteiger partial charge < -0.3 is 23.7 Å². The van der Waals surface area contributed by atoms with Gasteiger partial charge in [0.2, 0.25) is 12.7 Å². The Morgan fingerprint density at radius 3 is 2.74 bits per heavy atom. The van der Waals surface area contributed by atoms with Gasteiger partial charge in [0.15, 0.2) is 11.5 Å². The van der Waals surface area contributed by atoms with Gasteiger partial charge in [0.1, 0.15) is 11.6 Å². The number of anilines is 1. The molecule has 1 fully saturated rings. The summed E-state index contributed by atoms with van der Waals surface area (Å²) < 4.78 is 19.4. The number of fused-ring (bicyclic) bond motifs is 3. The SMILES string of the molecule is O=C1CC(c2nc3ccccc3n2CCCOc2cccc3ccccc23)CN1c1ccc2c(c1)OCO2. The minimum atomic E-state index is -0.000640. The molecule has 0 aliphatic carbocycles. The number of benzene rings is 4. The Kier molecular flexibility index (Phi) is 5.61. The van der Waals surface area contributed by atoms with Crippen LogP contribution in [-0.2, 0) is 11.3 Å². The molecule has 2 aliphatic rings. The van der Waals surface area contributed by atoms with Gasteiger partial charge in [-0.25, -0.2) is 4.98 Å². The lowest BCUT2D eigenvalue weighted by Crippen LogP contribution is -2.24. The van der Waals surface area contributed by atoms with Crippen LogP contribution >= 0.6 is 0 Å². The third kappa shape index (κ3) is 4.00. The predicted octanol–water partition coefficient (Wildman–Crippen LogP) is 5.91. The van der Waals surface area contributed by atoms with Crippen molar-refractivity contribution >= 4 is 33.4 Å². The maximum absolute atomic E-state index is 13.1. The summed E-state index contributed by atoms with van der Waals surface area (Å²) in [6.45, 7) is 2.14. The number of ether oxygens (including phenoxy) is 3. The lowest BCUT2D eigenvalue weighted by atomic mass is 10.1. The summed E-state index contributed by atoms with van der Waals surface area (Å²) in [6.07, 6.45) is 1.24. The number of hydrogen-bond acceptors (Lipinski definition) is 5. The molecule has 0 saturated carbocycles. The van der Waals surface area contributed by atoms with E-state index in [1.54, 1.807) is 0 Å². The number of carbonyl (C=O) groups excluding carboxylic acids is 1. The van der Waals surface area contributed by atoms with Gasteiger partial charge in [0, 0.05) is 42.6 Å². The molecule has 1 saturated heterocycles. The predicted molar refractivity (Wildman–Crippen MR) is 146 cm³/mol. The van der Waals surface area contributed by atoms with E-state index < -0.39 is 0 Å². The smallest absolute Gasteiger partial charge is 0.231 e. The van der Waals surface area contributed by atoms with Crippen LogP contribution in [-0.4, -0.2) is 35.4 Å². The largest absolute Gasteiger partial charge is 0.493 e. The average Bonchev–Trinajstić information content (AvgIpc) is 3.67. The zero-order chi connectivity index (χ0) is 25.5. The highest BCUT2D eigenvalue weighted by molar-refractivity contribution is 5.97. The summed E-state index contributed by atoms with van der Waals surface area (Å²) in [5.41, 5.74) is 2.86. The molecule has 1 aromatic heterocycles. The molecular formula is C31H27N3O4. The van der Waals surface area contributed by atoms with Crippen molar-refractivity contribution in [2.75, 3.05) is 24.8 Å². The van der Waals surface area contributed by atoms with E-state index in [0.29, 0.717) is 31.1 Å². The number of amides is 1. The molecule has 4 aromatic carbocycles. The van der Waals surface area contributed by atoms with Crippen molar-refractivity contribution < 1.29 is 19.0 Å². The van der Waals surface area contributed by atoms with Crippen LogP contribution in [0.15, 0.2) is 84.9 Å². The quantitative estimate of drug-likeness (QED) is 0.257. The first kappa shape index (κ1) is 22.7. The van der Waals surface area contributed by atoms with Crippen LogP contribution in [0.4, 0.5) is 5.69 Å². The van der Waals surface area contributed by atoms with Crippen molar-refractivity contribution in [3.8, 4) is 17.2 Å². The van der Waals surface area contributed by atoms with Crippen LogP contribution in [0.3, 0.4) is 0 Å². The molecule has 3 heterocycles. The van der Waals surface area contributed by atoms with E-state index in [4.69, 9.17) is 19.2 Å². The van der Waals surface area contributed by atoms with Crippen LogP contribution < -0.4 is 19.1 Å². The number of nitrogens with zero attached hydrogens (tertiary/aromatic N) is 3. The van der Waals surface area contributed by atoms with Crippen LogP contribution in [0.2, 0.25) is 0 Å². The molecule has 0 bridgehead atoms. The molecule has 190 valence electrons. The van der Waals surface area contributed by atoms with Crippen LogP contribution in [0.25, 0.3) is 21.8 Å². The maximum atomic E-state index is 13.1. The van der Waals surface area contributed by atoms with E-state index in [1.165, 1.54) is 5.39 Å². The fourth-order valence-electron chi connectivity index (χ4n) is 5.55. The Labute approximate surface area is 220 Å². The number of aromatic nitrogens is 2. The van der Waals surface area contributed by atoms with E-state index in [-0.39, 0.29) is 18.6 Å². The van der Waals surface area contributed by atoms with Gasteiger partial charge in [-0.1, -0.05) is 48.5 Å². The number of rotatable bonds is 7. The normalized spacial score (nSPS) is 16.6. The Morgan fingerprint density at radius 2 is 1.76 bits per heavy atom. The number of imidazole rings is 1. The lowest BCUT2D eigenvalue weighted by molar-refractivity contribution is -0.117. The molecular weight excluding hydrogens is 478 g/mol. The van der Waals surface area contributed by atoms with Gasteiger partial charge in [-0.15, -0.1) is 0 Å². The topological polar surface area (TPSA) is 65.8 Å².